The third kappa shape index (κ3) is 7.57. The van der Waals surface area contributed by atoms with E-state index in [0.717, 1.165) is 34.2 Å². The molecule has 0 saturated carbocycles. The number of halogens is 2. The van der Waals surface area contributed by atoms with E-state index in [1.54, 1.807) is 0 Å². The van der Waals surface area contributed by atoms with E-state index in [2.05, 4.69) is 58.9 Å². The zero-order chi connectivity index (χ0) is 32.9. The summed E-state index contributed by atoms with van der Waals surface area (Å²) in [5.74, 6) is -0.493. The van der Waals surface area contributed by atoms with E-state index >= 15 is 0 Å². The van der Waals surface area contributed by atoms with Crippen molar-refractivity contribution < 1.29 is 18.4 Å². The quantitative estimate of drug-likeness (QED) is 0.171. The number of aromatic nitrogens is 3. The Labute approximate surface area is 269 Å². The molecule has 0 aliphatic heterocycles. The average Bonchev–Trinajstić information content (AvgIpc) is 3.79. The molecule has 1 aliphatic carbocycles. The Morgan fingerprint density at radius 1 is 1.20 bits per heavy atom. The lowest BCUT2D eigenvalue weighted by molar-refractivity contribution is 0.0947. The molecule has 238 valence electrons. The molecule has 3 aromatic heterocycles. The highest BCUT2D eigenvalue weighted by Crippen LogP contribution is 2.48. The van der Waals surface area contributed by atoms with Crippen molar-refractivity contribution in [3.05, 3.63) is 79.7 Å². The fourth-order valence-corrected chi connectivity index (χ4v) is 7.36. The number of anilines is 2. The molecule has 9 nitrogen and oxygen atoms in total. The summed E-state index contributed by atoms with van der Waals surface area (Å²) in [6.07, 6.45) is 0.213. The van der Waals surface area contributed by atoms with Crippen LogP contribution in [-0.4, -0.2) is 33.1 Å². The first kappa shape index (κ1) is 33.7. The zero-order valence-corrected chi connectivity index (χ0v) is 27.7. The third-order valence-electron chi connectivity index (χ3n) is 7.50. The van der Waals surface area contributed by atoms with Gasteiger partial charge in [-0.3, -0.25) is 14.3 Å². The number of rotatable bonds is 9. The van der Waals surface area contributed by atoms with Crippen molar-refractivity contribution in [2.45, 2.75) is 71.3 Å². The molecule has 1 aromatic carbocycles. The second kappa shape index (κ2) is 14.3. The van der Waals surface area contributed by atoms with Crippen molar-refractivity contribution in [1.82, 2.24) is 20.1 Å². The van der Waals surface area contributed by atoms with Gasteiger partial charge < -0.3 is 16.0 Å². The van der Waals surface area contributed by atoms with E-state index < -0.39 is 24.1 Å². The number of aryl methyl sites for hydroxylation is 2. The van der Waals surface area contributed by atoms with Gasteiger partial charge in [0, 0.05) is 30.4 Å². The highest BCUT2D eigenvalue weighted by atomic mass is 32.1. The highest BCUT2D eigenvalue weighted by Gasteiger charge is 2.36. The number of nitriles is 1. The maximum absolute atomic E-state index is 13.1. The molecule has 4 aromatic rings. The molecule has 3 N–H and O–H groups in total. The summed E-state index contributed by atoms with van der Waals surface area (Å²) in [6, 6.07) is 11.0. The van der Waals surface area contributed by atoms with Crippen LogP contribution in [-0.2, 0) is 18.9 Å². The fourth-order valence-electron chi connectivity index (χ4n) is 5.62. The van der Waals surface area contributed by atoms with Gasteiger partial charge in [-0.15, -0.1) is 11.3 Å². The van der Waals surface area contributed by atoms with Gasteiger partial charge >= 0.3 is 0 Å². The molecule has 0 bridgehead atoms. The van der Waals surface area contributed by atoms with Gasteiger partial charge in [0.2, 0.25) is 0 Å². The van der Waals surface area contributed by atoms with Crippen LogP contribution in [0.2, 0.25) is 0 Å². The predicted molar refractivity (Wildman–Crippen MR) is 174 cm³/mol. The fraction of sp³-hybridized carbons (Fsp3) is 0.406. The maximum atomic E-state index is 13.1. The molecule has 2 unspecified atom stereocenters. The van der Waals surface area contributed by atoms with Crippen LogP contribution in [0.3, 0.4) is 0 Å². The minimum atomic E-state index is -2.79. The van der Waals surface area contributed by atoms with Crippen molar-refractivity contribution in [3.63, 3.8) is 0 Å². The lowest BCUT2D eigenvalue weighted by Gasteiger charge is -2.19. The summed E-state index contributed by atoms with van der Waals surface area (Å²) in [5, 5.41) is 24.2. The van der Waals surface area contributed by atoms with Crippen LogP contribution in [0.5, 0.6) is 0 Å². The van der Waals surface area contributed by atoms with Crippen LogP contribution >= 0.6 is 22.7 Å². The Bertz CT molecular complexity index is 1690. The molecular weight excluding hydrogens is 617 g/mol. The smallest absolute Gasteiger partial charge is 0.282 e. The van der Waals surface area contributed by atoms with Crippen LogP contribution in [0, 0.1) is 11.3 Å². The number of carbonyl (C=O) groups excluding carboxylic acids is 2. The van der Waals surface area contributed by atoms with Gasteiger partial charge in [0.05, 0.1) is 17.3 Å². The van der Waals surface area contributed by atoms with Crippen molar-refractivity contribution in [1.29, 1.82) is 5.26 Å². The molecule has 2 amide bonds. The first-order chi connectivity index (χ1) is 21.4. The number of carbonyl (C=O) groups is 2. The van der Waals surface area contributed by atoms with Crippen LogP contribution in [0.25, 0.3) is 0 Å². The topological polar surface area (TPSA) is 125 Å². The Kier molecular flexibility index (Phi) is 10.7. The standard InChI is InChI=1S/C18H21F2N3O.C14H16N4OS2/c1-10-8-18(2,3)12-6-5-7-13(14(10)12)21-17(24)11-9-23(4)22-15(11)16(19)20;1-3-9-12(21-14(18-9)16-4-2)13(19)17-10(8-15)11-6-5-7-20-11/h5-7,9-10,16H,8H2,1-4H3,(H,21,24);5-7,10H,3-4H2,1-2H3,(H,16,18)(H,17,19). The number of thiophene rings is 1. The van der Waals surface area contributed by atoms with E-state index in [4.69, 9.17) is 0 Å². The zero-order valence-electron chi connectivity index (χ0n) is 26.1. The van der Waals surface area contributed by atoms with E-state index in [9.17, 15) is 23.6 Å². The van der Waals surface area contributed by atoms with Crippen LogP contribution < -0.4 is 16.0 Å². The highest BCUT2D eigenvalue weighted by molar-refractivity contribution is 7.17. The molecule has 0 saturated heterocycles. The van der Waals surface area contributed by atoms with Gasteiger partial charge in [-0.2, -0.15) is 10.4 Å². The minimum Gasteiger partial charge on any atom is -0.362 e. The lowest BCUT2D eigenvalue weighted by Crippen LogP contribution is -2.27. The molecule has 2 atom stereocenters. The number of alkyl halides is 2. The van der Waals surface area contributed by atoms with Gasteiger partial charge in [0.1, 0.15) is 10.6 Å². The van der Waals surface area contributed by atoms with Gasteiger partial charge in [0.15, 0.2) is 11.2 Å². The van der Waals surface area contributed by atoms with Gasteiger partial charge in [-0.25, -0.2) is 13.8 Å². The molecule has 0 fully saturated rings. The molecule has 13 heteroatoms. The van der Waals surface area contributed by atoms with E-state index in [1.807, 2.05) is 43.5 Å². The summed E-state index contributed by atoms with van der Waals surface area (Å²) in [6.45, 7) is 11.2. The first-order valence-electron chi connectivity index (χ1n) is 14.6. The molecule has 0 spiro atoms. The molecule has 1 aliphatic rings. The number of nitrogens with one attached hydrogen (secondary N) is 3. The second-order valence-corrected chi connectivity index (χ2v) is 13.3. The number of benzene rings is 1. The lowest BCUT2D eigenvalue weighted by atomic mass is 9.86. The average molecular weight is 654 g/mol. The summed E-state index contributed by atoms with van der Waals surface area (Å²) >= 11 is 2.78. The molecular formula is C32H37F2N7O2S2. The SMILES string of the molecule is CC1CC(C)(C)c2cccc(NC(=O)c3cn(C)nc3C(F)F)c21.CCNc1nc(CC)c(C(=O)NC(C#N)c2cccs2)s1. The van der Waals surface area contributed by atoms with Gasteiger partial charge in [0.25, 0.3) is 18.2 Å². The number of fused-ring (bicyclic) bond motifs is 1. The molecule has 45 heavy (non-hydrogen) atoms. The Morgan fingerprint density at radius 3 is 2.58 bits per heavy atom. The summed E-state index contributed by atoms with van der Waals surface area (Å²) in [7, 11) is 1.52. The Hall–Kier alpha value is -4.15. The van der Waals surface area contributed by atoms with Crippen LogP contribution in [0.1, 0.15) is 107 Å². The Balaban J connectivity index is 0.000000207. The van der Waals surface area contributed by atoms with Crippen molar-refractivity contribution >= 4 is 45.3 Å². The predicted octanol–water partition coefficient (Wildman–Crippen LogP) is 7.59. The third-order valence-corrected chi connectivity index (χ3v) is 9.49. The van der Waals surface area contributed by atoms with Crippen LogP contribution in [0.4, 0.5) is 19.6 Å². The van der Waals surface area contributed by atoms with Gasteiger partial charge in [-0.05, 0) is 59.7 Å². The van der Waals surface area contributed by atoms with Crippen molar-refractivity contribution in [3.8, 4) is 6.07 Å². The maximum Gasteiger partial charge on any atom is 0.282 e. The van der Waals surface area contributed by atoms with Crippen LogP contribution in [0.15, 0.2) is 41.9 Å². The summed E-state index contributed by atoms with van der Waals surface area (Å²) < 4.78 is 27.4. The summed E-state index contributed by atoms with van der Waals surface area (Å²) in [5.41, 5.74) is 3.21. The number of thiazole rings is 1. The number of hydrogen-bond acceptors (Lipinski definition) is 8. The van der Waals surface area contributed by atoms with E-state index in [-0.39, 0.29) is 16.9 Å². The normalized spacial score (nSPS) is 15.4. The molecule has 0 radical (unpaired) electrons. The number of hydrogen-bond donors (Lipinski definition) is 3. The number of amides is 2. The van der Waals surface area contributed by atoms with Crippen molar-refractivity contribution in [2.24, 2.45) is 7.05 Å². The van der Waals surface area contributed by atoms with Crippen molar-refractivity contribution in [2.75, 3.05) is 17.2 Å². The largest absolute Gasteiger partial charge is 0.362 e. The molecule has 5 rings (SSSR count). The monoisotopic (exact) mass is 653 g/mol. The van der Waals surface area contributed by atoms with Gasteiger partial charge in [-0.1, -0.05) is 57.2 Å². The first-order valence-corrected chi connectivity index (χ1v) is 16.3. The second-order valence-electron chi connectivity index (χ2n) is 11.3. The minimum absolute atomic E-state index is 0.0396. The Morgan fingerprint density at radius 2 is 1.96 bits per heavy atom. The van der Waals surface area contributed by atoms with E-state index in [1.165, 1.54) is 46.2 Å². The number of nitrogens with zero attached hydrogens (tertiary/aromatic N) is 4. The van der Waals surface area contributed by atoms with E-state index in [0.29, 0.717) is 22.9 Å². The molecule has 3 heterocycles. The summed E-state index contributed by atoms with van der Waals surface area (Å²) in [4.78, 5) is 30.7.